The van der Waals surface area contributed by atoms with E-state index in [4.69, 9.17) is 34.8 Å². The van der Waals surface area contributed by atoms with Crippen LogP contribution in [0, 0.1) is 18.3 Å². The second-order valence-corrected chi connectivity index (χ2v) is 4.85. The first kappa shape index (κ1) is 13.5. The van der Waals surface area contributed by atoms with Gasteiger partial charge in [-0.15, -0.1) is 0 Å². The number of rotatable bonds is 2. The highest BCUT2D eigenvalue weighted by Gasteiger charge is 2.07. The molecule has 0 radical (unpaired) electrons. The molecule has 0 bridgehead atoms. The largest absolute Gasteiger partial charge is 0.389 e. The second-order valence-electron chi connectivity index (χ2n) is 4.05. The molecule has 0 saturated carbocycles. The Hall–Kier alpha value is -1.96. The number of halogens is 1. The topological polar surface area (TPSA) is 62.7 Å². The zero-order chi connectivity index (χ0) is 14.0. The predicted octanol–water partition coefficient (Wildman–Crippen LogP) is 3.39. The standard InChI is InChI=1S/C14H10ClN3S/c1-8-3-2-4-9-5-10(13(15)18-12(8)9)6-11(7-16)14(17)19/h2-6H,1H3,(H2,17,19)/b11-6+. The molecule has 0 unspecified atom stereocenters. The van der Waals surface area contributed by atoms with Crippen LogP contribution in [-0.4, -0.2) is 9.97 Å². The first-order chi connectivity index (χ1) is 9.02. The summed E-state index contributed by atoms with van der Waals surface area (Å²) in [5.74, 6) is 0. The van der Waals surface area contributed by atoms with Gasteiger partial charge in [0, 0.05) is 10.9 Å². The van der Waals surface area contributed by atoms with E-state index < -0.39 is 0 Å². The maximum atomic E-state index is 8.96. The third-order valence-electron chi connectivity index (χ3n) is 2.71. The SMILES string of the molecule is Cc1cccc2cc(/C=C(\C#N)C(N)=S)c(Cl)nc12. The van der Waals surface area contributed by atoms with Gasteiger partial charge in [-0.05, 0) is 24.6 Å². The highest BCUT2D eigenvalue weighted by Crippen LogP contribution is 2.24. The van der Waals surface area contributed by atoms with Crippen molar-refractivity contribution in [1.82, 2.24) is 4.98 Å². The molecule has 1 aromatic heterocycles. The van der Waals surface area contributed by atoms with E-state index in [1.165, 1.54) is 0 Å². The number of aromatic nitrogens is 1. The van der Waals surface area contributed by atoms with Crippen LogP contribution in [0.2, 0.25) is 5.15 Å². The van der Waals surface area contributed by atoms with Gasteiger partial charge in [-0.2, -0.15) is 5.26 Å². The quantitative estimate of drug-likeness (QED) is 0.398. The summed E-state index contributed by atoms with van der Waals surface area (Å²) in [6.45, 7) is 1.97. The average molecular weight is 288 g/mol. The van der Waals surface area contributed by atoms with Crippen molar-refractivity contribution < 1.29 is 0 Å². The van der Waals surface area contributed by atoms with Crippen LogP contribution in [0.25, 0.3) is 17.0 Å². The molecule has 0 aliphatic carbocycles. The summed E-state index contributed by atoms with van der Waals surface area (Å²) in [6.07, 6.45) is 1.56. The van der Waals surface area contributed by atoms with Crippen LogP contribution in [0.15, 0.2) is 29.8 Å². The van der Waals surface area contributed by atoms with Crippen LogP contribution in [0.1, 0.15) is 11.1 Å². The fourth-order valence-corrected chi connectivity index (χ4v) is 2.05. The van der Waals surface area contributed by atoms with E-state index in [9.17, 15) is 0 Å². The van der Waals surface area contributed by atoms with Crippen molar-refractivity contribution in [3.05, 3.63) is 46.1 Å². The van der Waals surface area contributed by atoms with E-state index in [0.717, 1.165) is 16.5 Å². The smallest absolute Gasteiger partial charge is 0.137 e. The molecule has 0 spiro atoms. The molecule has 0 saturated heterocycles. The van der Waals surface area contributed by atoms with Crippen molar-refractivity contribution in [2.45, 2.75) is 6.92 Å². The summed E-state index contributed by atoms with van der Waals surface area (Å²) in [6, 6.07) is 9.67. The van der Waals surface area contributed by atoms with Crippen LogP contribution < -0.4 is 5.73 Å². The summed E-state index contributed by atoms with van der Waals surface area (Å²) in [4.78, 5) is 4.39. The molecule has 0 aliphatic heterocycles. The summed E-state index contributed by atoms with van der Waals surface area (Å²) < 4.78 is 0. The van der Waals surface area contributed by atoms with Crippen LogP contribution in [0.5, 0.6) is 0 Å². The molecule has 0 amide bonds. The molecule has 2 N–H and O–H groups in total. The molecule has 19 heavy (non-hydrogen) atoms. The molecule has 5 heteroatoms. The number of nitriles is 1. The minimum atomic E-state index is 0.0444. The van der Waals surface area contributed by atoms with Crippen LogP contribution in [0.3, 0.4) is 0 Å². The molecule has 0 atom stereocenters. The first-order valence-electron chi connectivity index (χ1n) is 5.50. The summed E-state index contributed by atoms with van der Waals surface area (Å²) in [5, 5.41) is 10.2. The van der Waals surface area contributed by atoms with Crippen molar-refractivity contribution >= 4 is 45.8 Å². The lowest BCUT2D eigenvalue weighted by molar-refractivity contribution is 1.35. The number of nitrogens with zero attached hydrogens (tertiary/aromatic N) is 2. The Labute approximate surface area is 121 Å². The van der Waals surface area contributed by atoms with Gasteiger partial charge in [0.25, 0.3) is 0 Å². The van der Waals surface area contributed by atoms with Gasteiger partial charge in [0.2, 0.25) is 0 Å². The van der Waals surface area contributed by atoms with E-state index >= 15 is 0 Å². The minimum Gasteiger partial charge on any atom is -0.389 e. The van der Waals surface area contributed by atoms with Crippen LogP contribution in [0.4, 0.5) is 0 Å². The molecule has 1 heterocycles. The molecular formula is C14H10ClN3S. The second kappa shape index (κ2) is 5.35. The number of nitrogens with two attached hydrogens (primary N) is 1. The predicted molar refractivity (Wildman–Crippen MR) is 81.9 cm³/mol. The van der Waals surface area contributed by atoms with E-state index in [0.29, 0.717) is 10.7 Å². The Kier molecular flexibility index (Phi) is 3.79. The van der Waals surface area contributed by atoms with Gasteiger partial charge in [0.15, 0.2) is 0 Å². The van der Waals surface area contributed by atoms with Gasteiger partial charge in [0.05, 0.1) is 11.1 Å². The van der Waals surface area contributed by atoms with Gasteiger partial charge in [0.1, 0.15) is 16.2 Å². The monoisotopic (exact) mass is 287 g/mol. The number of aryl methyl sites for hydroxylation is 1. The number of pyridine rings is 1. The normalized spacial score (nSPS) is 11.3. The lowest BCUT2D eigenvalue weighted by Gasteiger charge is -2.05. The lowest BCUT2D eigenvalue weighted by atomic mass is 10.1. The van der Waals surface area contributed by atoms with Crippen LogP contribution in [-0.2, 0) is 0 Å². The molecular weight excluding hydrogens is 278 g/mol. The number of para-hydroxylation sites is 1. The van der Waals surface area contributed by atoms with E-state index in [1.807, 2.05) is 37.3 Å². The van der Waals surface area contributed by atoms with Crippen molar-refractivity contribution in [3.8, 4) is 6.07 Å². The number of fused-ring (bicyclic) bond motifs is 1. The number of thiocarbonyl (C=S) groups is 1. The third-order valence-corrected chi connectivity index (χ3v) is 3.24. The Morgan fingerprint density at radius 3 is 2.89 bits per heavy atom. The number of hydrogen-bond acceptors (Lipinski definition) is 3. The van der Waals surface area contributed by atoms with Gasteiger partial charge in [-0.3, -0.25) is 0 Å². The lowest BCUT2D eigenvalue weighted by Crippen LogP contribution is -2.09. The van der Waals surface area contributed by atoms with Crippen molar-refractivity contribution in [3.63, 3.8) is 0 Å². The average Bonchev–Trinajstić information content (AvgIpc) is 2.37. The maximum absolute atomic E-state index is 8.96. The fraction of sp³-hybridized carbons (Fsp3) is 0.0714. The maximum Gasteiger partial charge on any atom is 0.137 e. The van der Waals surface area contributed by atoms with Gasteiger partial charge in [-0.25, -0.2) is 4.98 Å². The Morgan fingerprint density at radius 1 is 1.53 bits per heavy atom. The molecule has 0 aliphatic rings. The zero-order valence-electron chi connectivity index (χ0n) is 10.1. The van der Waals surface area contributed by atoms with Crippen molar-refractivity contribution in [2.75, 3.05) is 0 Å². The summed E-state index contributed by atoms with van der Waals surface area (Å²) >= 11 is 10.9. The highest BCUT2D eigenvalue weighted by atomic mass is 35.5. The molecule has 94 valence electrons. The summed E-state index contributed by atoms with van der Waals surface area (Å²) in [7, 11) is 0. The van der Waals surface area contributed by atoms with Crippen molar-refractivity contribution in [1.29, 1.82) is 5.26 Å². The van der Waals surface area contributed by atoms with E-state index in [1.54, 1.807) is 6.08 Å². The third kappa shape index (κ3) is 2.73. The highest BCUT2D eigenvalue weighted by molar-refractivity contribution is 7.80. The number of benzene rings is 1. The van der Waals surface area contributed by atoms with E-state index in [-0.39, 0.29) is 10.6 Å². The first-order valence-corrected chi connectivity index (χ1v) is 6.29. The summed E-state index contributed by atoms with van der Waals surface area (Å²) in [5.41, 5.74) is 8.19. The van der Waals surface area contributed by atoms with Gasteiger partial charge >= 0.3 is 0 Å². The molecule has 0 fully saturated rings. The number of hydrogen-bond donors (Lipinski definition) is 1. The van der Waals surface area contributed by atoms with Gasteiger partial charge in [-0.1, -0.05) is 42.0 Å². The van der Waals surface area contributed by atoms with Gasteiger partial charge < -0.3 is 5.73 Å². The van der Waals surface area contributed by atoms with Crippen molar-refractivity contribution in [2.24, 2.45) is 5.73 Å². The molecule has 3 nitrogen and oxygen atoms in total. The molecule has 1 aromatic carbocycles. The van der Waals surface area contributed by atoms with Crippen LogP contribution >= 0.6 is 23.8 Å². The zero-order valence-corrected chi connectivity index (χ0v) is 11.7. The fourth-order valence-electron chi connectivity index (χ4n) is 1.76. The Morgan fingerprint density at radius 2 is 2.26 bits per heavy atom. The Bertz CT molecular complexity index is 744. The molecule has 2 rings (SSSR count). The molecule has 2 aromatic rings. The minimum absolute atomic E-state index is 0.0444. The van der Waals surface area contributed by atoms with E-state index in [2.05, 4.69) is 4.98 Å². The Balaban J connectivity index is 2.67.